The second kappa shape index (κ2) is 24.7. The Kier molecular flexibility index (Phi) is 17.6. The highest BCUT2D eigenvalue weighted by atomic mass is 35.5. The standard InChI is InChI=1S/C59H76Cl2N8O5/c1-3-66(23-25-70)21-11-27-73-51-33-43(49-31-41-29-39(13-15-47(41)64-49)37-68-17-7-5-8-18-68)53-45(55(51)60)35-62-57(53)59(72)58-54-44(34-52(56(61)46(54)36-63-58)74-28-12-22-67(4-2)24-26-71)50-32-42-30-40(14-16-48(42)65-50)38-69-19-9-6-10-20-69/h13-16,29-34,57-58,62-65,70-71H,3-12,17-28,35-38H2,1-2H3. The minimum atomic E-state index is -0.698. The second-order valence-electron chi connectivity index (χ2n) is 20.9. The Balaban J connectivity index is 1.00. The van der Waals surface area contributed by atoms with Gasteiger partial charge in [0, 0.05) is 96.7 Å². The predicted octanol–water partition coefficient (Wildman–Crippen LogP) is 9.99. The number of fused-ring (bicyclic) bond motifs is 4. The molecule has 2 fully saturated rings. The molecule has 0 spiro atoms. The maximum Gasteiger partial charge on any atom is 0.175 e. The number of nitrogens with zero attached hydrogens (tertiary/aromatic N) is 4. The van der Waals surface area contributed by atoms with E-state index in [0.29, 0.717) is 60.9 Å². The maximum atomic E-state index is 15.7. The average Bonchev–Trinajstić information content (AvgIpc) is 4.26. The third-order valence-electron chi connectivity index (χ3n) is 16.0. The van der Waals surface area contributed by atoms with Crippen LogP contribution in [-0.2, 0) is 31.0 Å². The molecule has 74 heavy (non-hydrogen) atoms. The van der Waals surface area contributed by atoms with Gasteiger partial charge in [0.15, 0.2) is 5.78 Å². The lowest BCUT2D eigenvalue weighted by Gasteiger charge is -2.26. The molecule has 0 radical (unpaired) electrons. The van der Waals surface area contributed by atoms with Crippen molar-refractivity contribution in [1.29, 1.82) is 0 Å². The highest BCUT2D eigenvalue weighted by Crippen LogP contribution is 2.49. The number of likely N-dealkylation sites (N-methyl/N-ethyl adjacent to an activating group) is 2. The van der Waals surface area contributed by atoms with Crippen LogP contribution < -0.4 is 20.1 Å². The number of carbonyl (C=O) groups is 1. The van der Waals surface area contributed by atoms with Crippen LogP contribution in [0.15, 0.2) is 60.7 Å². The molecule has 10 rings (SSSR count). The number of ketones is 1. The predicted molar refractivity (Wildman–Crippen MR) is 299 cm³/mol. The van der Waals surface area contributed by atoms with E-state index in [-0.39, 0.29) is 19.0 Å². The van der Waals surface area contributed by atoms with Gasteiger partial charge in [-0.25, -0.2) is 0 Å². The summed E-state index contributed by atoms with van der Waals surface area (Å²) in [5.41, 5.74) is 11.6. The van der Waals surface area contributed by atoms with Gasteiger partial charge in [-0.1, -0.05) is 62.0 Å². The normalized spacial score (nSPS) is 18.3. The summed E-state index contributed by atoms with van der Waals surface area (Å²) in [7, 11) is 0. The summed E-state index contributed by atoms with van der Waals surface area (Å²) in [5, 5.41) is 29.7. The van der Waals surface area contributed by atoms with E-state index in [0.717, 1.165) is 145 Å². The minimum Gasteiger partial charge on any atom is -0.492 e. The van der Waals surface area contributed by atoms with Crippen LogP contribution >= 0.6 is 23.2 Å². The number of likely N-dealkylation sites (tertiary alicyclic amines) is 2. The van der Waals surface area contributed by atoms with Crippen molar-refractivity contribution in [3.05, 3.63) is 104 Å². The van der Waals surface area contributed by atoms with E-state index in [1.54, 1.807) is 0 Å². The molecule has 0 bridgehead atoms. The van der Waals surface area contributed by atoms with Crippen molar-refractivity contribution in [1.82, 2.24) is 40.2 Å². The summed E-state index contributed by atoms with van der Waals surface area (Å²) >= 11 is 14.7. The van der Waals surface area contributed by atoms with Gasteiger partial charge in [0.05, 0.1) is 48.6 Å². The van der Waals surface area contributed by atoms with Crippen LogP contribution in [0.2, 0.25) is 10.0 Å². The fourth-order valence-corrected chi connectivity index (χ4v) is 12.6. The first-order chi connectivity index (χ1) is 36.2. The van der Waals surface area contributed by atoms with Crippen LogP contribution in [0, 0.1) is 0 Å². The van der Waals surface area contributed by atoms with Gasteiger partial charge in [-0.15, -0.1) is 0 Å². The number of piperidine rings is 2. The third kappa shape index (κ3) is 11.7. The zero-order chi connectivity index (χ0) is 51.1. The molecule has 4 aliphatic rings. The molecule has 4 aromatic carbocycles. The van der Waals surface area contributed by atoms with E-state index in [4.69, 9.17) is 32.7 Å². The first-order valence-electron chi connectivity index (χ1n) is 27.5. The zero-order valence-corrected chi connectivity index (χ0v) is 45.0. The summed E-state index contributed by atoms with van der Waals surface area (Å²) in [6.45, 7) is 17.0. The number of aliphatic hydroxyl groups is 2. The van der Waals surface area contributed by atoms with Crippen molar-refractivity contribution < 1.29 is 24.5 Å². The number of carbonyl (C=O) groups excluding carboxylic acids is 1. The molecule has 6 N–H and O–H groups in total. The number of aromatic amines is 2. The Morgan fingerprint density at radius 1 is 0.608 bits per heavy atom. The first-order valence-corrected chi connectivity index (χ1v) is 28.3. The molecular formula is C59H76Cl2N8O5. The van der Waals surface area contributed by atoms with Crippen LogP contribution in [0.4, 0.5) is 0 Å². The number of hydrogen-bond acceptors (Lipinski definition) is 11. The van der Waals surface area contributed by atoms with E-state index >= 15 is 4.79 Å². The number of Topliss-reactive ketones (excluding diaryl/α,β-unsaturated/α-hetero) is 1. The van der Waals surface area contributed by atoms with E-state index in [9.17, 15) is 10.2 Å². The SMILES string of the molecule is CCN(CCO)CCCOc1cc(-c2cc3cc(CN4CCCCC4)ccc3[nH]2)c2c(c1Cl)CNC2C(=O)C1NCc2c(Cl)c(OCCCN(CC)CCO)cc(-c3cc4cc(CN5CCCCC5)ccc4[nH]3)c21. The summed E-state index contributed by atoms with van der Waals surface area (Å²) in [4.78, 5) is 32.7. The van der Waals surface area contributed by atoms with Crippen molar-refractivity contribution in [3.8, 4) is 34.0 Å². The van der Waals surface area contributed by atoms with Crippen LogP contribution in [0.25, 0.3) is 44.3 Å². The monoisotopic (exact) mass is 1050 g/mol. The number of benzene rings is 4. The number of rotatable bonds is 24. The molecule has 13 nitrogen and oxygen atoms in total. The Morgan fingerprint density at radius 2 is 1.04 bits per heavy atom. The van der Waals surface area contributed by atoms with E-state index < -0.39 is 12.1 Å². The number of aromatic nitrogens is 2. The zero-order valence-electron chi connectivity index (χ0n) is 43.5. The molecule has 6 heterocycles. The van der Waals surface area contributed by atoms with Crippen molar-refractivity contribution in [3.63, 3.8) is 0 Å². The maximum absolute atomic E-state index is 15.7. The van der Waals surface area contributed by atoms with Gasteiger partial charge >= 0.3 is 0 Å². The quantitative estimate of drug-likeness (QED) is 0.0323. The molecular weight excluding hydrogens is 972 g/mol. The molecule has 2 atom stereocenters. The summed E-state index contributed by atoms with van der Waals surface area (Å²) in [6.07, 6.45) is 9.13. The van der Waals surface area contributed by atoms with Crippen molar-refractivity contribution in [2.24, 2.45) is 0 Å². The lowest BCUT2D eigenvalue weighted by atomic mass is 9.87. The van der Waals surface area contributed by atoms with E-state index in [2.05, 4.69) is 103 Å². The topological polar surface area (TPSA) is 145 Å². The Morgan fingerprint density at radius 3 is 1.45 bits per heavy atom. The molecule has 2 saturated heterocycles. The van der Waals surface area contributed by atoms with Crippen molar-refractivity contribution in [2.45, 2.75) is 103 Å². The van der Waals surface area contributed by atoms with Crippen LogP contribution in [0.5, 0.6) is 11.5 Å². The Labute approximate surface area is 446 Å². The lowest BCUT2D eigenvalue weighted by molar-refractivity contribution is -0.123. The Hall–Kier alpha value is -4.51. The number of H-pyrrole nitrogens is 2. The second-order valence-corrected chi connectivity index (χ2v) is 21.6. The van der Waals surface area contributed by atoms with Crippen LogP contribution in [0.3, 0.4) is 0 Å². The summed E-state index contributed by atoms with van der Waals surface area (Å²) in [5.74, 6) is 1.15. The largest absolute Gasteiger partial charge is 0.492 e. The van der Waals surface area contributed by atoms with Gasteiger partial charge in [0.25, 0.3) is 0 Å². The first kappa shape index (κ1) is 52.9. The Bertz CT molecular complexity index is 2700. The molecule has 0 aliphatic carbocycles. The highest BCUT2D eigenvalue weighted by molar-refractivity contribution is 6.34. The number of nitrogens with one attached hydrogen (secondary N) is 4. The molecule has 2 unspecified atom stereocenters. The van der Waals surface area contributed by atoms with Gasteiger partial charge in [-0.3, -0.25) is 25.2 Å². The van der Waals surface area contributed by atoms with E-state index in [1.165, 1.54) is 49.7 Å². The highest BCUT2D eigenvalue weighted by Gasteiger charge is 2.42. The van der Waals surface area contributed by atoms with Gasteiger partial charge in [-0.2, -0.15) is 0 Å². The van der Waals surface area contributed by atoms with Gasteiger partial charge < -0.3 is 39.5 Å². The van der Waals surface area contributed by atoms with Crippen LogP contribution in [-0.4, -0.2) is 137 Å². The molecule has 2 aromatic heterocycles. The fourth-order valence-electron chi connectivity index (χ4n) is 12.0. The molecule has 15 heteroatoms. The number of halogens is 2. The fraction of sp³-hybridized carbons (Fsp3) is 0.508. The van der Waals surface area contributed by atoms with Crippen LogP contribution in [0.1, 0.15) is 111 Å². The van der Waals surface area contributed by atoms with E-state index in [1.807, 2.05) is 12.1 Å². The lowest BCUT2D eigenvalue weighted by Crippen LogP contribution is -2.32. The number of aliphatic hydroxyl groups excluding tert-OH is 2. The molecule has 0 saturated carbocycles. The van der Waals surface area contributed by atoms with Gasteiger partial charge in [-0.05, 0) is 160 Å². The molecule has 0 amide bonds. The van der Waals surface area contributed by atoms with Gasteiger partial charge in [0.2, 0.25) is 0 Å². The third-order valence-corrected chi connectivity index (χ3v) is 16.8. The molecule has 396 valence electrons. The smallest absolute Gasteiger partial charge is 0.175 e. The molecule has 6 aromatic rings. The summed E-state index contributed by atoms with van der Waals surface area (Å²) in [6, 6.07) is 20.5. The summed E-state index contributed by atoms with van der Waals surface area (Å²) < 4.78 is 13.1. The number of hydrogen-bond donors (Lipinski definition) is 6. The number of ether oxygens (including phenoxy) is 2. The van der Waals surface area contributed by atoms with Crippen molar-refractivity contribution >= 4 is 50.8 Å². The van der Waals surface area contributed by atoms with Gasteiger partial charge in [0.1, 0.15) is 11.5 Å². The van der Waals surface area contributed by atoms with Crippen molar-refractivity contribution in [2.75, 3.05) is 91.9 Å². The molecule has 4 aliphatic heterocycles. The minimum absolute atomic E-state index is 0.0218. The average molecular weight is 1050 g/mol.